The van der Waals surface area contributed by atoms with E-state index in [1.165, 1.54) is 24.4 Å². The van der Waals surface area contributed by atoms with Gasteiger partial charge in [-0.1, -0.05) is 18.2 Å². The fourth-order valence-corrected chi connectivity index (χ4v) is 2.79. The third-order valence-corrected chi connectivity index (χ3v) is 4.29. The lowest BCUT2D eigenvalue weighted by Crippen LogP contribution is -2.35. The van der Waals surface area contributed by atoms with Gasteiger partial charge in [-0.25, -0.2) is 18.6 Å². The molecule has 160 valence electrons. The average molecular weight is 435 g/mol. The van der Waals surface area contributed by atoms with Gasteiger partial charge in [0.1, 0.15) is 23.0 Å². The highest BCUT2D eigenvalue weighted by atomic mass is 19.4. The molecule has 0 aliphatic rings. The maximum atomic E-state index is 13.6. The molecule has 3 rings (SSSR count). The number of alkyl halides is 3. The van der Waals surface area contributed by atoms with E-state index in [2.05, 4.69) is 10.3 Å². The molecule has 3 aromatic rings. The number of benzene rings is 2. The average Bonchev–Trinajstić information content (AvgIpc) is 2.67. The summed E-state index contributed by atoms with van der Waals surface area (Å²) in [6.07, 6.45) is -3.11. The molecule has 0 bridgehead atoms. The number of nitrogens with zero attached hydrogens (tertiary/aromatic N) is 1. The summed E-state index contributed by atoms with van der Waals surface area (Å²) in [6, 6.07) is 7.68. The Labute approximate surface area is 172 Å². The minimum Gasteiger partial charge on any atom is -0.292 e. The Kier molecular flexibility index (Phi) is 6.00. The largest absolute Gasteiger partial charge is 0.416 e. The van der Waals surface area contributed by atoms with Crippen molar-refractivity contribution in [3.8, 4) is 11.1 Å². The summed E-state index contributed by atoms with van der Waals surface area (Å²) >= 11 is 0. The fourth-order valence-electron chi connectivity index (χ4n) is 2.79. The van der Waals surface area contributed by atoms with Crippen LogP contribution in [0.1, 0.15) is 21.5 Å². The Morgan fingerprint density at radius 2 is 1.58 bits per heavy atom. The molecule has 2 N–H and O–H groups in total. The van der Waals surface area contributed by atoms with Gasteiger partial charge in [-0.3, -0.25) is 15.4 Å². The van der Waals surface area contributed by atoms with Crippen molar-refractivity contribution in [1.82, 2.24) is 10.3 Å². The molecule has 0 aliphatic heterocycles. The molecule has 31 heavy (non-hydrogen) atoms. The number of urea groups is 1. The van der Waals surface area contributed by atoms with Crippen LogP contribution >= 0.6 is 0 Å². The number of imide groups is 1. The van der Waals surface area contributed by atoms with Crippen molar-refractivity contribution in [2.75, 3.05) is 5.32 Å². The first-order chi connectivity index (χ1) is 14.6. The molecule has 0 saturated carbocycles. The van der Waals surface area contributed by atoms with Gasteiger partial charge in [-0.15, -0.1) is 0 Å². The predicted molar refractivity (Wildman–Crippen MR) is 102 cm³/mol. The third kappa shape index (κ3) is 5.03. The van der Waals surface area contributed by atoms with E-state index in [9.17, 15) is 31.5 Å². The summed E-state index contributed by atoms with van der Waals surface area (Å²) in [5, 5.41) is 4.05. The van der Waals surface area contributed by atoms with Crippen LogP contribution in [-0.4, -0.2) is 16.9 Å². The molecule has 1 aromatic heterocycles. The van der Waals surface area contributed by atoms with Crippen molar-refractivity contribution >= 4 is 17.8 Å². The van der Waals surface area contributed by atoms with Gasteiger partial charge in [0.2, 0.25) is 0 Å². The number of anilines is 1. The summed E-state index contributed by atoms with van der Waals surface area (Å²) in [5.41, 5.74) is -0.0906. The van der Waals surface area contributed by atoms with Crippen molar-refractivity contribution in [1.29, 1.82) is 0 Å². The summed E-state index contributed by atoms with van der Waals surface area (Å²) < 4.78 is 65.3. The second-order valence-electron chi connectivity index (χ2n) is 6.46. The SMILES string of the molecule is Cc1cc(NC(=O)NC(=O)c2c(F)cccc2F)ncc1-c1ccc(C(F)(F)F)cc1. The quantitative estimate of drug-likeness (QED) is 0.548. The first-order valence-corrected chi connectivity index (χ1v) is 8.77. The molecule has 0 aliphatic carbocycles. The first kappa shape index (κ1) is 21.9. The van der Waals surface area contributed by atoms with Crippen molar-refractivity contribution in [3.63, 3.8) is 0 Å². The van der Waals surface area contributed by atoms with E-state index in [1.807, 2.05) is 0 Å². The Balaban J connectivity index is 1.71. The number of carbonyl (C=O) groups excluding carboxylic acids is 2. The predicted octanol–water partition coefficient (Wildman–Crippen LogP) is 5.32. The minimum absolute atomic E-state index is 0.0208. The zero-order valence-corrected chi connectivity index (χ0v) is 15.8. The third-order valence-electron chi connectivity index (χ3n) is 4.29. The Hall–Kier alpha value is -3.82. The van der Waals surface area contributed by atoms with Crippen molar-refractivity contribution in [2.24, 2.45) is 0 Å². The number of amides is 3. The second-order valence-corrected chi connectivity index (χ2v) is 6.46. The molecule has 2 aromatic carbocycles. The van der Waals surface area contributed by atoms with Gasteiger partial charge in [0, 0.05) is 11.8 Å². The first-order valence-electron chi connectivity index (χ1n) is 8.77. The number of halogens is 5. The molecule has 5 nitrogen and oxygen atoms in total. The summed E-state index contributed by atoms with van der Waals surface area (Å²) in [7, 11) is 0. The van der Waals surface area contributed by atoms with E-state index >= 15 is 0 Å². The van der Waals surface area contributed by atoms with Crippen LogP contribution in [0.5, 0.6) is 0 Å². The van der Waals surface area contributed by atoms with Crippen molar-refractivity contribution in [3.05, 3.63) is 83.1 Å². The van der Waals surface area contributed by atoms with Gasteiger partial charge < -0.3 is 0 Å². The topological polar surface area (TPSA) is 71.1 Å². The van der Waals surface area contributed by atoms with E-state index < -0.39 is 40.9 Å². The lowest BCUT2D eigenvalue weighted by Gasteiger charge is -2.11. The van der Waals surface area contributed by atoms with Gasteiger partial charge in [0.05, 0.1) is 5.56 Å². The van der Waals surface area contributed by atoms with Crippen LogP contribution < -0.4 is 10.6 Å². The zero-order chi connectivity index (χ0) is 22.8. The second kappa shape index (κ2) is 8.50. The van der Waals surface area contributed by atoms with Gasteiger partial charge >= 0.3 is 12.2 Å². The molecule has 0 atom stereocenters. The van der Waals surface area contributed by atoms with E-state index in [-0.39, 0.29) is 5.82 Å². The van der Waals surface area contributed by atoms with Crippen LogP contribution in [0, 0.1) is 18.6 Å². The van der Waals surface area contributed by atoms with Crippen LogP contribution in [0.4, 0.5) is 32.6 Å². The monoisotopic (exact) mass is 435 g/mol. The number of carbonyl (C=O) groups is 2. The lowest BCUT2D eigenvalue weighted by molar-refractivity contribution is -0.137. The maximum Gasteiger partial charge on any atom is 0.416 e. The van der Waals surface area contributed by atoms with E-state index in [4.69, 9.17) is 0 Å². The number of pyridine rings is 1. The highest BCUT2D eigenvalue weighted by molar-refractivity contribution is 6.08. The number of hydrogen-bond donors (Lipinski definition) is 2. The number of hydrogen-bond acceptors (Lipinski definition) is 3. The van der Waals surface area contributed by atoms with Crippen LogP contribution in [0.3, 0.4) is 0 Å². The molecular formula is C21H14F5N3O2. The fraction of sp³-hybridized carbons (Fsp3) is 0.0952. The van der Waals surface area contributed by atoms with Crippen LogP contribution in [0.2, 0.25) is 0 Å². The molecule has 0 radical (unpaired) electrons. The highest BCUT2D eigenvalue weighted by Crippen LogP contribution is 2.31. The standard InChI is InChI=1S/C21H14F5N3O2/c1-11-9-17(27-10-14(11)12-5-7-13(8-6-12)21(24,25)26)28-20(31)29-19(30)18-15(22)3-2-4-16(18)23/h2-10H,1H3,(H2,27,28,29,30,31). The molecule has 0 saturated heterocycles. The Morgan fingerprint density at radius 1 is 0.968 bits per heavy atom. The van der Waals surface area contributed by atoms with Crippen LogP contribution in [0.15, 0.2) is 54.7 Å². The Morgan fingerprint density at radius 3 is 2.13 bits per heavy atom. The van der Waals surface area contributed by atoms with Crippen LogP contribution in [0.25, 0.3) is 11.1 Å². The molecule has 0 spiro atoms. The summed E-state index contributed by atoms with van der Waals surface area (Å²) in [5.74, 6) is -3.50. The van der Waals surface area contributed by atoms with Gasteiger partial charge in [0.15, 0.2) is 0 Å². The molecule has 0 unspecified atom stereocenters. The van der Waals surface area contributed by atoms with E-state index in [0.29, 0.717) is 16.7 Å². The lowest BCUT2D eigenvalue weighted by atomic mass is 10.0. The highest BCUT2D eigenvalue weighted by Gasteiger charge is 2.30. The molecule has 1 heterocycles. The Bertz CT molecular complexity index is 1120. The normalized spacial score (nSPS) is 11.2. The molecular weight excluding hydrogens is 421 g/mol. The summed E-state index contributed by atoms with van der Waals surface area (Å²) in [6.45, 7) is 1.65. The smallest absolute Gasteiger partial charge is 0.292 e. The number of aromatic nitrogens is 1. The minimum atomic E-state index is -4.45. The zero-order valence-electron chi connectivity index (χ0n) is 15.8. The number of aryl methyl sites for hydroxylation is 1. The van der Waals surface area contributed by atoms with Crippen LogP contribution in [-0.2, 0) is 6.18 Å². The van der Waals surface area contributed by atoms with Gasteiger partial charge in [-0.05, 0) is 48.4 Å². The molecule has 10 heteroatoms. The van der Waals surface area contributed by atoms with E-state index in [0.717, 1.165) is 30.3 Å². The van der Waals surface area contributed by atoms with Crippen molar-refractivity contribution < 1.29 is 31.5 Å². The van der Waals surface area contributed by atoms with Gasteiger partial charge in [0.25, 0.3) is 5.91 Å². The molecule has 0 fully saturated rings. The summed E-state index contributed by atoms with van der Waals surface area (Å²) in [4.78, 5) is 27.9. The van der Waals surface area contributed by atoms with Gasteiger partial charge in [-0.2, -0.15) is 13.2 Å². The molecule has 3 amide bonds. The van der Waals surface area contributed by atoms with Crippen molar-refractivity contribution in [2.45, 2.75) is 13.1 Å². The van der Waals surface area contributed by atoms with E-state index in [1.54, 1.807) is 12.2 Å². The maximum absolute atomic E-state index is 13.6. The number of nitrogens with one attached hydrogen (secondary N) is 2. The number of rotatable bonds is 3.